The van der Waals surface area contributed by atoms with E-state index in [4.69, 9.17) is 0 Å². The Hall–Kier alpha value is -1.84. The van der Waals surface area contributed by atoms with Crippen LogP contribution in [0.2, 0.25) is 0 Å². The number of phenolic OH excluding ortho intramolecular Hbond substituents is 1. The Balaban J connectivity index is 2.13. The highest BCUT2D eigenvalue weighted by Crippen LogP contribution is 2.30. The van der Waals surface area contributed by atoms with E-state index in [0.29, 0.717) is 6.04 Å². The number of aromatic hydroxyl groups is 1. The van der Waals surface area contributed by atoms with Gasteiger partial charge in [0, 0.05) is 18.0 Å². The number of rotatable bonds is 1. The fraction of sp³-hybridized carbons (Fsp3) is 0.385. The Bertz CT molecular complexity index is 547. The second-order valence-corrected chi connectivity index (χ2v) is 4.60. The highest BCUT2D eigenvalue weighted by atomic mass is 16.3. The van der Waals surface area contributed by atoms with Crippen molar-refractivity contribution in [1.29, 1.82) is 0 Å². The lowest BCUT2D eigenvalue weighted by Gasteiger charge is -2.22. The van der Waals surface area contributed by atoms with Gasteiger partial charge in [0.05, 0.1) is 0 Å². The van der Waals surface area contributed by atoms with Crippen molar-refractivity contribution < 1.29 is 5.11 Å². The Morgan fingerprint density at radius 3 is 3.06 bits per heavy atom. The second-order valence-electron chi connectivity index (χ2n) is 4.60. The maximum absolute atomic E-state index is 9.52. The summed E-state index contributed by atoms with van der Waals surface area (Å²) >= 11 is 0. The van der Waals surface area contributed by atoms with Crippen LogP contribution in [0, 0.1) is 0 Å². The Morgan fingerprint density at radius 2 is 2.24 bits per heavy atom. The number of hydrogen-bond donors (Lipinski definition) is 1. The highest BCUT2D eigenvalue weighted by molar-refractivity contribution is 5.58. The number of hydrogen-bond acceptors (Lipinski definition) is 3. The molecule has 1 aliphatic rings. The minimum atomic E-state index is 0.267. The van der Waals surface area contributed by atoms with E-state index >= 15 is 0 Å². The molecular formula is C13H15N3O. The van der Waals surface area contributed by atoms with Gasteiger partial charge in [-0.1, -0.05) is 12.1 Å². The van der Waals surface area contributed by atoms with Gasteiger partial charge in [-0.05, 0) is 31.9 Å². The van der Waals surface area contributed by atoms with Crippen LogP contribution in [0.15, 0.2) is 24.3 Å². The van der Waals surface area contributed by atoms with Crippen LogP contribution < -0.4 is 0 Å². The molecule has 1 N–H and O–H groups in total. The first kappa shape index (κ1) is 10.3. The van der Waals surface area contributed by atoms with Crippen LogP contribution in [-0.4, -0.2) is 19.9 Å². The Labute approximate surface area is 99.9 Å². The van der Waals surface area contributed by atoms with Crippen LogP contribution in [-0.2, 0) is 6.42 Å². The predicted molar refractivity (Wildman–Crippen MR) is 64.8 cm³/mol. The fourth-order valence-corrected chi connectivity index (χ4v) is 2.48. The number of phenols is 1. The van der Waals surface area contributed by atoms with E-state index in [2.05, 4.69) is 21.7 Å². The molecule has 1 aromatic heterocycles. The molecule has 88 valence electrons. The normalized spacial score (nSPS) is 19.0. The monoisotopic (exact) mass is 229 g/mol. The third-order valence-corrected chi connectivity index (χ3v) is 3.33. The molecule has 0 saturated carbocycles. The summed E-state index contributed by atoms with van der Waals surface area (Å²) in [6, 6.07) is 7.63. The number of nitrogens with zero attached hydrogens (tertiary/aromatic N) is 3. The van der Waals surface area contributed by atoms with Crippen LogP contribution in [0.1, 0.15) is 31.6 Å². The van der Waals surface area contributed by atoms with Crippen LogP contribution in [0.5, 0.6) is 5.75 Å². The quantitative estimate of drug-likeness (QED) is 0.817. The standard InChI is InChI=1S/C13H15N3O/c1-9-4-2-7-12-14-15-13(16(9)12)10-5-3-6-11(17)8-10/h3,5-6,8-9,17H,2,4,7H2,1H3. The van der Waals surface area contributed by atoms with Gasteiger partial charge in [0.25, 0.3) is 0 Å². The zero-order chi connectivity index (χ0) is 11.8. The molecule has 3 rings (SSSR count). The fourth-order valence-electron chi connectivity index (χ4n) is 2.48. The molecule has 0 radical (unpaired) electrons. The van der Waals surface area contributed by atoms with Crippen molar-refractivity contribution in [2.75, 3.05) is 0 Å². The molecule has 0 aliphatic carbocycles. The molecule has 17 heavy (non-hydrogen) atoms. The summed E-state index contributed by atoms with van der Waals surface area (Å²) in [5.41, 5.74) is 0.928. The zero-order valence-electron chi connectivity index (χ0n) is 9.80. The second kappa shape index (κ2) is 3.87. The van der Waals surface area contributed by atoms with Crippen LogP contribution in [0.3, 0.4) is 0 Å². The lowest BCUT2D eigenvalue weighted by Crippen LogP contribution is -2.16. The maximum atomic E-state index is 9.52. The van der Waals surface area contributed by atoms with Crippen molar-refractivity contribution in [1.82, 2.24) is 14.8 Å². The molecule has 0 spiro atoms. The van der Waals surface area contributed by atoms with Crippen molar-refractivity contribution >= 4 is 0 Å². The number of aryl methyl sites for hydroxylation is 1. The van der Waals surface area contributed by atoms with Gasteiger partial charge in [-0.15, -0.1) is 10.2 Å². The van der Waals surface area contributed by atoms with Crippen LogP contribution in [0.25, 0.3) is 11.4 Å². The maximum Gasteiger partial charge on any atom is 0.164 e. The molecule has 2 heterocycles. The van der Waals surface area contributed by atoms with Gasteiger partial charge in [-0.3, -0.25) is 0 Å². The first-order valence-electron chi connectivity index (χ1n) is 5.99. The smallest absolute Gasteiger partial charge is 0.164 e. The molecular weight excluding hydrogens is 214 g/mol. The van der Waals surface area contributed by atoms with Gasteiger partial charge >= 0.3 is 0 Å². The first-order chi connectivity index (χ1) is 8.25. The molecule has 1 aliphatic heterocycles. The molecule has 0 fully saturated rings. The average molecular weight is 229 g/mol. The summed E-state index contributed by atoms with van der Waals surface area (Å²) in [5.74, 6) is 2.19. The lowest BCUT2D eigenvalue weighted by molar-refractivity contribution is 0.429. The van der Waals surface area contributed by atoms with E-state index < -0.39 is 0 Å². The van der Waals surface area contributed by atoms with Crippen molar-refractivity contribution in [3.8, 4) is 17.1 Å². The molecule has 1 aromatic carbocycles. The Morgan fingerprint density at radius 1 is 1.35 bits per heavy atom. The third kappa shape index (κ3) is 1.69. The molecule has 4 nitrogen and oxygen atoms in total. The number of aromatic nitrogens is 3. The summed E-state index contributed by atoms with van der Waals surface area (Å²) < 4.78 is 2.19. The molecule has 1 unspecified atom stereocenters. The summed E-state index contributed by atoms with van der Waals surface area (Å²) in [6.45, 7) is 2.19. The zero-order valence-corrected chi connectivity index (χ0v) is 9.80. The molecule has 0 bridgehead atoms. The molecule has 0 saturated heterocycles. The van der Waals surface area contributed by atoms with Crippen LogP contribution >= 0.6 is 0 Å². The molecule has 4 heteroatoms. The lowest BCUT2D eigenvalue weighted by atomic mass is 10.1. The summed E-state index contributed by atoms with van der Waals surface area (Å²) in [7, 11) is 0. The predicted octanol–water partition coefficient (Wildman–Crippen LogP) is 2.55. The van der Waals surface area contributed by atoms with Gasteiger partial charge in [0.15, 0.2) is 5.82 Å². The average Bonchev–Trinajstić information content (AvgIpc) is 2.74. The van der Waals surface area contributed by atoms with E-state index in [1.165, 1.54) is 6.42 Å². The minimum absolute atomic E-state index is 0.267. The molecule has 2 aromatic rings. The third-order valence-electron chi connectivity index (χ3n) is 3.33. The van der Waals surface area contributed by atoms with Gasteiger partial charge in [-0.25, -0.2) is 0 Å². The largest absolute Gasteiger partial charge is 0.508 e. The molecule has 0 amide bonds. The summed E-state index contributed by atoms with van der Waals surface area (Å²) in [5, 5.41) is 18.0. The van der Waals surface area contributed by atoms with Crippen molar-refractivity contribution in [2.45, 2.75) is 32.2 Å². The van der Waals surface area contributed by atoms with E-state index in [1.807, 2.05) is 12.1 Å². The van der Waals surface area contributed by atoms with E-state index in [1.54, 1.807) is 12.1 Å². The van der Waals surface area contributed by atoms with Crippen LogP contribution in [0.4, 0.5) is 0 Å². The van der Waals surface area contributed by atoms with Crippen molar-refractivity contribution in [2.24, 2.45) is 0 Å². The minimum Gasteiger partial charge on any atom is -0.508 e. The first-order valence-corrected chi connectivity index (χ1v) is 5.99. The SMILES string of the molecule is CC1CCCc2nnc(-c3cccc(O)c3)n21. The summed E-state index contributed by atoms with van der Waals surface area (Å²) in [6.07, 6.45) is 3.34. The molecule has 1 atom stereocenters. The van der Waals surface area contributed by atoms with E-state index in [0.717, 1.165) is 30.1 Å². The van der Waals surface area contributed by atoms with E-state index in [-0.39, 0.29) is 5.75 Å². The number of benzene rings is 1. The van der Waals surface area contributed by atoms with Gasteiger partial charge in [-0.2, -0.15) is 0 Å². The Kier molecular flexibility index (Phi) is 2.35. The van der Waals surface area contributed by atoms with Gasteiger partial charge in [0.2, 0.25) is 0 Å². The highest BCUT2D eigenvalue weighted by Gasteiger charge is 2.22. The van der Waals surface area contributed by atoms with Gasteiger partial charge in [0.1, 0.15) is 11.6 Å². The number of fused-ring (bicyclic) bond motifs is 1. The van der Waals surface area contributed by atoms with Crippen molar-refractivity contribution in [3.63, 3.8) is 0 Å². The van der Waals surface area contributed by atoms with E-state index in [9.17, 15) is 5.11 Å². The van der Waals surface area contributed by atoms with Crippen molar-refractivity contribution in [3.05, 3.63) is 30.1 Å². The topological polar surface area (TPSA) is 50.9 Å². The van der Waals surface area contributed by atoms with Gasteiger partial charge < -0.3 is 9.67 Å². The summed E-state index contributed by atoms with van der Waals surface area (Å²) in [4.78, 5) is 0.